The van der Waals surface area contributed by atoms with Gasteiger partial charge in [0.2, 0.25) is 11.5 Å². The number of rotatable bonds is 10. The summed E-state index contributed by atoms with van der Waals surface area (Å²) < 4.78 is 47.4. The molecule has 0 radical (unpaired) electrons. The molecule has 0 spiro atoms. The van der Waals surface area contributed by atoms with E-state index in [9.17, 15) is 17.6 Å². The van der Waals surface area contributed by atoms with E-state index in [1.807, 2.05) is 0 Å². The summed E-state index contributed by atoms with van der Waals surface area (Å²) in [7, 11) is -4.06. The van der Waals surface area contributed by atoms with Crippen LogP contribution in [0, 0.1) is 5.82 Å². The topological polar surface area (TPSA) is 134 Å². The second-order valence-corrected chi connectivity index (χ2v) is 7.53. The Kier molecular flexibility index (Phi) is 6.82. The third-order valence-corrected chi connectivity index (χ3v) is 5.29. The average molecular weight is 397 g/mol. The summed E-state index contributed by atoms with van der Waals surface area (Å²) in [4.78, 5) is 15.9. The lowest BCUT2D eigenvalue weighted by molar-refractivity contribution is -0.131. The van der Waals surface area contributed by atoms with Crippen LogP contribution in [-0.2, 0) is 14.8 Å². The molecule has 1 amide bonds. The van der Waals surface area contributed by atoms with E-state index in [1.165, 1.54) is 30.3 Å². The zero-order valence-electron chi connectivity index (χ0n) is 15.4. The number of aromatic nitrogens is 1. The Hall–Kier alpha value is -2.40. The molecule has 0 aliphatic carbocycles. The molecule has 0 unspecified atom stereocenters. The van der Waals surface area contributed by atoms with E-state index in [0.717, 1.165) is 6.20 Å². The first-order valence-electron chi connectivity index (χ1n) is 8.64. The third kappa shape index (κ3) is 5.79. The van der Waals surface area contributed by atoms with E-state index in [0.29, 0.717) is 30.6 Å². The third-order valence-electron chi connectivity index (χ3n) is 3.83. The van der Waals surface area contributed by atoms with Crippen molar-refractivity contribution >= 4 is 15.9 Å². The first-order valence-corrected chi connectivity index (χ1v) is 9.72. The van der Waals surface area contributed by atoms with Crippen LogP contribution >= 0.6 is 0 Å². The fourth-order valence-corrected chi connectivity index (χ4v) is 3.59. The van der Waals surface area contributed by atoms with Gasteiger partial charge in [0.1, 0.15) is 16.8 Å². The minimum absolute atomic E-state index is 0.156. The van der Waals surface area contributed by atoms with Gasteiger partial charge in [-0.05, 0) is 43.7 Å². The van der Waals surface area contributed by atoms with E-state index < -0.39 is 27.8 Å². The highest BCUT2D eigenvalue weighted by Gasteiger charge is 2.25. The van der Waals surface area contributed by atoms with Gasteiger partial charge < -0.3 is 5.73 Å². The van der Waals surface area contributed by atoms with E-state index in [2.05, 4.69) is 14.9 Å². The second-order valence-electron chi connectivity index (χ2n) is 5.81. The number of carbonyl (C=O) groups excluding carboxylic acids is 1. The lowest BCUT2D eigenvalue weighted by Gasteiger charge is -2.16. The molecule has 2 rings (SSSR count). The zero-order chi connectivity index (χ0) is 20.6. The summed E-state index contributed by atoms with van der Waals surface area (Å²) in [5.41, 5.74) is 8.12. The van der Waals surface area contributed by atoms with Gasteiger partial charge in [0.25, 0.3) is 5.91 Å². The van der Waals surface area contributed by atoms with Crippen molar-refractivity contribution in [2.24, 2.45) is 5.73 Å². The maximum Gasteiger partial charge on any atom is 0.261 e. The van der Waals surface area contributed by atoms with Crippen molar-refractivity contribution in [2.45, 2.75) is 30.2 Å². The number of benzene rings is 1. The van der Waals surface area contributed by atoms with Crippen molar-refractivity contribution in [1.29, 1.82) is 0 Å². The monoisotopic (exact) mass is 397 g/mol. The number of halogens is 1. The van der Waals surface area contributed by atoms with Crippen LogP contribution in [0.15, 0.2) is 47.5 Å². The molecule has 1 heterocycles. The lowest BCUT2D eigenvalue weighted by Crippen LogP contribution is -2.45. The number of carbonyl (C=O) groups is 1. The maximum atomic E-state index is 13.3. The Balaban J connectivity index is 2.18. The molecule has 0 saturated heterocycles. The highest BCUT2D eigenvalue weighted by atomic mass is 32.2. The van der Waals surface area contributed by atoms with Gasteiger partial charge in [0.05, 0.1) is 5.69 Å². The van der Waals surface area contributed by atoms with Gasteiger partial charge in [0, 0.05) is 11.8 Å². The molecule has 2 aromatic rings. The van der Waals surface area contributed by atoms with Gasteiger partial charge in [-0.3, -0.25) is 15.0 Å². The molecule has 27 heavy (non-hydrogen) atoms. The molecule has 1 aromatic heterocycles. The molecule has 0 aliphatic heterocycles. The first-order chi connectivity index (χ1) is 13.4. The van der Waals surface area contributed by atoms with Gasteiger partial charge in [-0.1, -0.05) is 18.6 Å². The predicted molar refractivity (Wildman–Crippen MR) is 96.6 cm³/mol. The number of pyridine rings is 1. The molecular weight excluding hydrogens is 375 g/mol. The molecular formula is C17H21FN4O4S. The molecule has 1 atom stereocenters. The van der Waals surface area contributed by atoms with Crippen LogP contribution in [0.5, 0.6) is 0 Å². The summed E-state index contributed by atoms with van der Waals surface area (Å²) in [5.74, 6) is -1.22. The van der Waals surface area contributed by atoms with Crippen LogP contribution in [0.2, 0.25) is 1.43 Å². The van der Waals surface area contributed by atoms with Crippen LogP contribution in [0.4, 0.5) is 4.39 Å². The normalized spacial score (nSPS) is 13.0. The minimum Gasteiger partial charge on any atom is -0.330 e. The summed E-state index contributed by atoms with van der Waals surface area (Å²) in [6.45, 7) is 0.404. The number of sulfonamides is 1. The number of hydrogen-bond donors (Lipinski definition) is 4. The smallest absolute Gasteiger partial charge is 0.261 e. The molecule has 0 aliphatic rings. The predicted octanol–water partition coefficient (Wildman–Crippen LogP) is 1.17. The van der Waals surface area contributed by atoms with Gasteiger partial charge in [-0.25, -0.2) is 18.3 Å². The fraction of sp³-hybridized carbons (Fsp3) is 0.294. The fourth-order valence-electron chi connectivity index (χ4n) is 2.42. The maximum absolute atomic E-state index is 13.3. The Morgan fingerprint density at radius 1 is 1.33 bits per heavy atom. The van der Waals surface area contributed by atoms with E-state index in [1.54, 1.807) is 11.5 Å². The van der Waals surface area contributed by atoms with Crippen molar-refractivity contribution in [3.8, 4) is 11.3 Å². The molecule has 10 heteroatoms. The summed E-state index contributed by atoms with van der Waals surface area (Å²) in [6, 6.07) is 7.37. The number of nitrogens with one attached hydrogen (secondary N) is 2. The van der Waals surface area contributed by atoms with E-state index in [-0.39, 0.29) is 11.3 Å². The Labute approximate surface area is 158 Å². The van der Waals surface area contributed by atoms with Crippen molar-refractivity contribution in [2.75, 3.05) is 6.54 Å². The van der Waals surface area contributed by atoms with Crippen molar-refractivity contribution < 1.29 is 24.2 Å². The lowest BCUT2D eigenvalue weighted by atomic mass is 10.1. The van der Waals surface area contributed by atoms with E-state index >= 15 is 0 Å². The van der Waals surface area contributed by atoms with Gasteiger partial charge in [-0.15, -0.1) is 0 Å². The number of amides is 1. The van der Waals surface area contributed by atoms with Crippen LogP contribution in [0.3, 0.4) is 0 Å². The van der Waals surface area contributed by atoms with Crippen LogP contribution < -0.4 is 15.9 Å². The molecule has 1 aromatic carbocycles. The van der Waals surface area contributed by atoms with Crippen LogP contribution in [-0.4, -0.2) is 37.1 Å². The van der Waals surface area contributed by atoms with Crippen molar-refractivity contribution in [1.82, 2.24) is 15.2 Å². The first kappa shape index (κ1) is 19.4. The summed E-state index contributed by atoms with van der Waals surface area (Å²) in [6.07, 6.45) is 2.42. The Morgan fingerprint density at radius 2 is 2.15 bits per heavy atom. The van der Waals surface area contributed by atoms with Crippen LogP contribution in [0.1, 0.15) is 19.3 Å². The Morgan fingerprint density at radius 3 is 2.78 bits per heavy atom. The zero-order valence-corrected chi connectivity index (χ0v) is 15.2. The average Bonchev–Trinajstić information content (AvgIpc) is 2.67. The number of nitrogens with two attached hydrogens (primary N) is 1. The minimum atomic E-state index is -4.06. The van der Waals surface area contributed by atoms with Crippen LogP contribution in [0.25, 0.3) is 11.3 Å². The summed E-state index contributed by atoms with van der Waals surface area (Å²) in [5, 5.41) is 3.83. The van der Waals surface area contributed by atoms with E-state index in [4.69, 9.17) is 7.16 Å². The van der Waals surface area contributed by atoms with Crippen molar-refractivity contribution in [3.05, 3.63) is 48.4 Å². The number of hydrogen-bond acceptors (Lipinski definition) is 6. The number of hydroxylamine groups is 1. The molecule has 5 N–H and O–H groups in total. The molecule has 0 bridgehead atoms. The number of unbranched alkanes of at least 4 members (excludes halogenated alkanes) is 1. The highest BCUT2D eigenvalue weighted by Crippen LogP contribution is 2.19. The quantitative estimate of drug-likeness (QED) is 0.270. The number of nitrogens with zero attached hydrogens (tertiary/aromatic N) is 1. The standard InChI is InChI=1S/C17H21FN4O4S/c18-13-5-3-4-12(10-13)15-8-7-14(11-20-15)27(25,26)22-16(17(23)21-24)6-1-2-9-19/h3-5,7-8,10-11,16,22,24H,1-2,6,9,19H2,(H,21,23)/t16-/m0/s1/i/hD. The molecule has 0 fully saturated rings. The summed E-state index contributed by atoms with van der Waals surface area (Å²) >= 11 is 0. The second kappa shape index (κ2) is 9.51. The molecule has 0 saturated carbocycles. The van der Waals surface area contributed by atoms with Gasteiger partial charge in [0.15, 0.2) is 0 Å². The van der Waals surface area contributed by atoms with Crippen molar-refractivity contribution in [3.63, 3.8) is 0 Å². The SMILES string of the molecule is [2H]ONC(=O)[C@H](CCCCN)NS(=O)(=O)c1ccc(-c2cccc(F)c2)nc1. The Bertz CT molecular complexity index is 896. The van der Waals surface area contributed by atoms with Gasteiger partial charge in [-0.2, -0.15) is 4.72 Å². The largest absolute Gasteiger partial charge is 0.330 e. The van der Waals surface area contributed by atoms with Gasteiger partial charge >= 0.3 is 0 Å². The molecule has 8 nitrogen and oxygen atoms in total. The highest BCUT2D eigenvalue weighted by molar-refractivity contribution is 7.89. The molecule has 146 valence electrons.